The Morgan fingerprint density at radius 3 is 2.65 bits per heavy atom. The molecule has 11 unspecified atom stereocenters. The van der Waals surface area contributed by atoms with Crippen LogP contribution >= 0.6 is 0 Å². The van der Waals surface area contributed by atoms with Gasteiger partial charge in [-0.1, -0.05) is 32.9 Å². The number of carbonyl (C=O) groups is 1. The summed E-state index contributed by atoms with van der Waals surface area (Å²) < 4.78 is 13.1. The second-order valence-electron chi connectivity index (χ2n) is 12.6. The second-order valence-corrected chi connectivity index (χ2v) is 12.6. The predicted octanol–water partition coefficient (Wildman–Crippen LogP) is 4.89. The number of Topliss-reactive ketones (excluding diaryl/α,β-unsaturated/α-hetero) is 1. The molecule has 0 amide bonds. The van der Waals surface area contributed by atoms with Crippen molar-refractivity contribution in [2.75, 3.05) is 6.61 Å². The monoisotopic (exact) mass is 428 g/mol. The zero-order valence-corrected chi connectivity index (χ0v) is 19.6. The van der Waals surface area contributed by atoms with E-state index in [1.54, 1.807) is 0 Å². The van der Waals surface area contributed by atoms with Gasteiger partial charge in [0, 0.05) is 30.1 Å². The van der Waals surface area contributed by atoms with E-state index < -0.39 is 5.79 Å². The molecule has 31 heavy (non-hydrogen) atoms. The van der Waals surface area contributed by atoms with Crippen molar-refractivity contribution in [3.05, 3.63) is 12.2 Å². The van der Waals surface area contributed by atoms with Gasteiger partial charge in [0.05, 0.1) is 18.8 Å². The maximum atomic E-state index is 14.0. The second kappa shape index (κ2) is 6.67. The van der Waals surface area contributed by atoms with Crippen molar-refractivity contribution >= 4 is 5.78 Å². The Labute approximate surface area is 187 Å². The van der Waals surface area contributed by atoms with Crippen molar-refractivity contribution in [2.24, 2.45) is 46.3 Å². The molecular weight excluding hydrogens is 388 g/mol. The lowest BCUT2D eigenvalue weighted by Crippen LogP contribution is -2.58. The van der Waals surface area contributed by atoms with E-state index >= 15 is 0 Å². The molecule has 0 bridgehead atoms. The van der Waals surface area contributed by atoms with E-state index in [1.165, 1.54) is 12.8 Å². The lowest BCUT2D eigenvalue weighted by Gasteiger charge is -2.60. The molecule has 0 aromatic heterocycles. The topological polar surface area (TPSA) is 55.8 Å². The first kappa shape index (κ1) is 20.9. The van der Waals surface area contributed by atoms with Gasteiger partial charge in [-0.2, -0.15) is 0 Å². The molecule has 0 radical (unpaired) electrons. The molecule has 2 heterocycles. The molecule has 1 N–H and O–H groups in total. The van der Waals surface area contributed by atoms with Gasteiger partial charge in [0.25, 0.3) is 0 Å². The molecule has 2 saturated heterocycles. The molecule has 4 saturated carbocycles. The summed E-state index contributed by atoms with van der Waals surface area (Å²) in [6.45, 7) is 11.7. The zero-order valence-electron chi connectivity index (χ0n) is 19.6. The maximum Gasteiger partial charge on any atom is 0.172 e. The van der Waals surface area contributed by atoms with Gasteiger partial charge in [0.2, 0.25) is 0 Å². The van der Waals surface area contributed by atoms with Gasteiger partial charge in [-0.25, -0.2) is 0 Å². The van der Waals surface area contributed by atoms with Crippen molar-refractivity contribution in [1.29, 1.82) is 0 Å². The standard InChI is InChI=1S/C27H40O4/c1-15-7-10-27(30-14-15)16(2)24-22(31-27)12-21-19-6-5-17-11-18(28)8-9-25(17,3)20(19)13-23(29)26(21,24)4/h16-22,24,28H,1,5-14H2,2-4H3. The van der Waals surface area contributed by atoms with Crippen LogP contribution in [0.4, 0.5) is 0 Å². The minimum Gasteiger partial charge on any atom is -0.393 e. The lowest BCUT2D eigenvalue weighted by atomic mass is 9.44. The Morgan fingerprint density at radius 1 is 1.10 bits per heavy atom. The normalized spacial score (nSPS) is 58.6. The third-order valence-corrected chi connectivity index (χ3v) is 11.5. The molecule has 0 aromatic carbocycles. The minimum atomic E-state index is -0.509. The summed E-state index contributed by atoms with van der Waals surface area (Å²) >= 11 is 0. The van der Waals surface area contributed by atoms with Gasteiger partial charge in [0.1, 0.15) is 5.78 Å². The van der Waals surface area contributed by atoms with Crippen molar-refractivity contribution in [2.45, 2.75) is 96.6 Å². The molecule has 6 rings (SSSR count). The van der Waals surface area contributed by atoms with Gasteiger partial charge in [0.15, 0.2) is 5.79 Å². The number of ether oxygens (including phenoxy) is 2. The summed E-state index contributed by atoms with van der Waals surface area (Å²) in [7, 11) is 0. The highest BCUT2D eigenvalue weighted by Gasteiger charge is 2.71. The number of hydrogen-bond donors (Lipinski definition) is 1. The fourth-order valence-electron chi connectivity index (χ4n) is 9.76. The van der Waals surface area contributed by atoms with Crippen LogP contribution in [0.2, 0.25) is 0 Å². The van der Waals surface area contributed by atoms with Crippen molar-refractivity contribution in [3.8, 4) is 0 Å². The molecule has 6 aliphatic rings. The molecule has 4 nitrogen and oxygen atoms in total. The summed E-state index contributed by atoms with van der Waals surface area (Å²) in [6.07, 6.45) is 8.98. The van der Waals surface area contributed by atoms with Gasteiger partial charge in [-0.05, 0) is 74.0 Å². The molecule has 6 fully saturated rings. The predicted molar refractivity (Wildman–Crippen MR) is 118 cm³/mol. The van der Waals surface area contributed by atoms with Crippen molar-refractivity contribution in [1.82, 2.24) is 0 Å². The molecular formula is C27H40O4. The number of hydrogen-bond acceptors (Lipinski definition) is 4. The van der Waals surface area contributed by atoms with E-state index in [9.17, 15) is 9.90 Å². The number of rotatable bonds is 0. The highest BCUT2D eigenvalue weighted by atomic mass is 16.7. The Kier molecular flexibility index (Phi) is 4.49. The average Bonchev–Trinajstić information content (AvgIpc) is 3.18. The number of fused-ring (bicyclic) bond motifs is 7. The van der Waals surface area contributed by atoms with Crippen LogP contribution in [0.3, 0.4) is 0 Å². The van der Waals surface area contributed by atoms with Crippen LogP contribution in [0.25, 0.3) is 0 Å². The minimum absolute atomic E-state index is 0.137. The lowest BCUT2D eigenvalue weighted by molar-refractivity contribution is -0.255. The largest absolute Gasteiger partial charge is 0.393 e. The molecule has 2 aliphatic heterocycles. The SMILES string of the molecule is C=C1CCC2(OC1)OC1CC3C4CCC5CC(O)CCC5(C)C4CC(=O)C3(C)C1C2C. The maximum absolute atomic E-state index is 14.0. The van der Waals surface area contributed by atoms with Crippen LogP contribution in [0.5, 0.6) is 0 Å². The summed E-state index contributed by atoms with van der Waals surface area (Å²) in [5, 5.41) is 10.3. The van der Waals surface area contributed by atoms with Crippen LogP contribution in [0.1, 0.15) is 78.6 Å². The smallest absolute Gasteiger partial charge is 0.172 e. The quantitative estimate of drug-likeness (QED) is 0.558. The van der Waals surface area contributed by atoms with E-state index in [4.69, 9.17) is 9.47 Å². The fraction of sp³-hybridized carbons (Fsp3) is 0.889. The van der Waals surface area contributed by atoms with Crippen LogP contribution in [0, 0.1) is 46.3 Å². The number of carbonyl (C=O) groups excluding carboxylic acids is 1. The summed E-state index contributed by atoms with van der Waals surface area (Å²) in [5.74, 6) is 2.64. The van der Waals surface area contributed by atoms with Crippen LogP contribution in [-0.2, 0) is 14.3 Å². The van der Waals surface area contributed by atoms with E-state index in [1.807, 2.05) is 0 Å². The van der Waals surface area contributed by atoms with Gasteiger partial charge in [-0.15, -0.1) is 0 Å². The first-order valence-corrected chi connectivity index (χ1v) is 12.9. The van der Waals surface area contributed by atoms with Crippen LogP contribution < -0.4 is 0 Å². The fourth-order valence-corrected chi connectivity index (χ4v) is 9.76. The van der Waals surface area contributed by atoms with Gasteiger partial charge < -0.3 is 14.6 Å². The number of aliphatic hydroxyl groups excluding tert-OH is 1. The third kappa shape index (κ3) is 2.62. The molecule has 4 heteroatoms. The summed E-state index contributed by atoms with van der Waals surface area (Å²) in [4.78, 5) is 14.0. The third-order valence-electron chi connectivity index (χ3n) is 11.5. The molecule has 172 valence electrons. The van der Waals surface area contributed by atoms with Crippen molar-refractivity contribution in [3.63, 3.8) is 0 Å². The zero-order chi connectivity index (χ0) is 21.8. The first-order chi connectivity index (χ1) is 14.7. The van der Waals surface area contributed by atoms with Gasteiger partial charge >= 0.3 is 0 Å². The molecule has 11 atom stereocenters. The van der Waals surface area contributed by atoms with Gasteiger partial charge in [-0.3, -0.25) is 4.79 Å². The Balaban J connectivity index is 1.31. The van der Waals surface area contributed by atoms with E-state index in [-0.39, 0.29) is 34.9 Å². The Hall–Kier alpha value is -0.710. The summed E-state index contributed by atoms with van der Waals surface area (Å²) in [5.41, 5.74) is 1.10. The molecule has 1 spiro atoms. The highest BCUT2D eigenvalue weighted by molar-refractivity contribution is 5.87. The molecule has 4 aliphatic carbocycles. The van der Waals surface area contributed by atoms with E-state index in [2.05, 4.69) is 27.4 Å². The van der Waals surface area contributed by atoms with Crippen molar-refractivity contribution < 1.29 is 19.4 Å². The number of aliphatic hydroxyl groups is 1. The summed E-state index contributed by atoms with van der Waals surface area (Å²) in [6, 6.07) is 0. The Morgan fingerprint density at radius 2 is 1.90 bits per heavy atom. The van der Waals surface area contributed by atoms with E-state index in [0.717, 1.165) is 50.5 Å². The highest BCUT2D eigenvalue weighted by Crippen LogP contribution is 2.70. The number of ketones is 1. The molecule has 0 aromatic rings. The van der Waals surface area contributed by atoms with Crippen LogP contribution in [0.15, 0.2) is 12.2 Å². The average molecular weight is 429 g/mol. The van der Waals surface area contributed by atoms with E-state index in [0.29, 0.717) is 36.1 Å². The van der Waals surface area contributed by atoms with Crippen LogP contribution in [-0.4, -0.2) is 35.5 Å². The first-order valence-electron chi connectivity index (χ1n) is 12.9. The Bertz CT molecular complexity index is 795.